The van der Waals surface area contributed by atoms with Gasteiger partial charge in [-0.15, -0.1) is 0 Å². The Kier molecular flexibility index (Phi) is 5.87. The number of nitrogens with one attached hydrogen (secondary N) is 1. The van der Waals surface area contributed by atoms with Gasteiger partial charge < -0.3 is 10.4 Å². The second-order valence-electron chi connectivity index (χ2n) is 4.16. The third kappa shape index (κ3) is 4.26. The zero-order valence-electron chi connectivity index (χ0n) is 11.5. The number of sulfonamides is 1. The first-order valence-electron chi connectivity index (χ1n) is 5.96. The first-order chi connectivity index (χ1) is 9.70. The molecule has 116 valence electrons. The van der Waals surface area contributed by atoms with E-state index in [0.717, 1.165) is 10.4 Å². The number of likely N-dealkylation sites (N-methyl/N-ethyl adjacent to an activating group) is 2. The maximum absolute atomic E-state index is 12.3. The molecule has 0 aromatic heterocycles. The SMILES string of the molecule is CCNC(=O)CN(C)S(=O)(=O)c1ccc(Br)c(C(=O)O)c1. The Balaban J connectivity index is 3.10. The molecule has 0 aliphatic carbocycles. The molecule has 1 amide bonds. The highest BCUT2D eigenvalue weighted by molar-refractivity contribution is 9.10. The minimum absolute atomic E-state index is 0.164. The Morgan fingerprint density at radius 2 is 2.00 bits per heavy atom. The molecule has 9 heteroatoms. The third-order valence-corrected chi connectivity index (χ3v) is 5.11. The number of aromatic carboxylic acids is 1. The minimum atomic E-state index is -3.94. The minimum Gasteiger partial charge on any atom is -0.478 e. The first kappa shape index (κ1) is 17.6. The van der Waals surface area contributed by atoms with E-state index >= 15 is 0 Å². The smallest absolute Gasteiger partial charge is 0.336 e. The lowest BCUT2D eigenvalue weighted by Crippen LogP contribution is -2.38. The van der Waals surface area contributed by atoms with Crippen LogP contribution in [0.1, 0.15) is 17.3 Å². The lowest BCUT2D eigenvalue weighted by molar-refractivity contribution is -0.121. The van der Waals surface area contributed by atoms with Gasteiger partial charge in [0.25, 0.3) is 0 Å². The van der Waals surface area contributed by atoms with Gasteiger partial charge in [0.05, 0.1) is 17.0 Å². The molecule has 1 aromatic carbocycles. The van der Waals surface area contributed by atoms with Crippen molar-refractivity contribution in [2.75, 3.05) is 20.1 Å². The summed E-state index contributed by atoms with van der Waals surface area (Å²) in [5.41, 5.74) is -0.164. The molecule has 2 N–H and O–H groups in total. The Hall–Kier alpha value is -1.45. The second-order valence-corrected chi connectivity index (χ2v) is 7.06. The van der Waals surface area contributed by atoms with Crippen LogP contribution in [0.5, 0.6) is 0 Å². The molecule has 21 heavy (non-hydrogen) atoms. The van der Waals surface area contributed by atoms with Gasteiger partial charge in [-0.05, 0) is 41.1 Å². The van der Waals surface area contributed by atoms with E-state index in [2.05, 4.69) is 21.2 Å². The van der Waals surface area contributed by atoms with Crippen LogP contribution in [-0.4, -0.2) is 49.8 Å². The second kappa shape index (κ2) is 7.01. The maximum atomic E-state index is 12.3. The number of amides is 1. The summed E-state index contributed by atoms with van der Waals surface area (Å²) in [5, 5.41) is 11.5. The van der Waals surface area contributed by atoms with Gasteiger partial charge in [0, 0.05) is 18.1 Å². The fraction of sp³-hybridized carbons (Fsp3) is 0.333. The summed E-state index contributed by atoms with van der Waals surface area (Å²) < 4.78 is 25.7. The number of hydrogen-bond acceptors (Lipinski definition) is 4. The van der Waals surface area contributed by atoms with Crippen LogP contribution in [0.3, 0.4) is 0 Å². The van der Waals surface area contributed by atoms with Crippen LogP contribution in [0.4, 0.5) is 0 Å². The lowest BCUT2D eigenvalue weighted by atomic mass is 10.2. The number of halogens is 1. The van der Waals surface area contributed by atoms with Crippen molar-refractivity contribution in [2.24, 2.45) is 0 Å². The van der Waals surface area contributed by atoms with Gasteiger partial charge >= 0.3 is 5.97 Å². The summed E-state index contributed by atoms with van der Waals surface area (Å²) in [6.07, 6.45) is 0. The number of carboxylic acid groups (broad SMARTS) is 1. The zero-order chi connectivity index (χ0) is 16.2. The molecule has 7 nitrogen and oxygen atoms in total. The number of carbonyl (C=O) groups excluding carboxylic acids is 1. The zero-order valence-corrected chi connectivity index (χ0v) is 13.9. The highest BCUT2D eigenvalue weighted by Crippen LogP contribution is 2.22. The number of carboxylic acids is 1. The molecule has 0 saturated carbocycles. The topological polar surface area (TPSA) is 104 Å². The largest absolute Gasteiger partial charge is 0.478 e. The average Bonchev–Trinajstić information content (AvgIpc) is 2.38. The number of rotatable bonds is 6. The molecule has 0 heterocycles. The van der Waals surface area contributed by atoms with E-state index in [1.54, 1.807) is 6.92 Å². The number of benzene rings is 1. The van der Waals surface area contributed by atoms with E-state index in [-0.39, 0.29) is 21.5 Å². The third-order valence-electron chi connectivity index (χ3n) is 2.62. The van der Waals surface area contributed by atoms with Crippen molar-refractivity contribution in [3.8, 4) is 0 Å². The van der Waals surface area contributed by atoms with E-state index in [0.29, 0.717) is 6.54 Å². The predicted octanol–water partition coefficient (Wildman–Crippen LogP) is 0.904. The Bertz CT molecular complexity index is 660. The molecule has 0 radical (unpaired) electrons. The molecule has 1 rings (SSSR count). The highest BCUT2D eigenvalue weighted by Gasteiger charge is 2.24. The van der Waals surface area contributed by atoms with Crippen molar-refractivity contribution in [2.45, 2.75) is 11.8 Å². The van der Waals surface area contributed by atoms with Crippen LogP contribution in [0, 0.1) is 0 Å². The van der Waals surface area contributed by atoms with Gasteiger partial charge in [-0.3, -0.25) is 4.79 Å². The molecule has 0 fully saturated rings. The van der Waals surface area contributed by atoms with E-state index in [4.69, 9.17) is 5.11 Å². The van der Waals surface area contributed by atoms with Crippen LogP contribution in [0.15, 0.2) is 27.6 Å². The van der Waals surface area contributed by atoms with Gasteiger partial charge in [-0.1, -0.05) is 0 Å². The highest BCUT2D eigenvalue weighted by atomic mass is 79.9. The summed E-state index contributed by atoms with van der Waals surface area (Å²) in [5.74, 6) is -1.68. The molecule has 0 unspecified atom stereocenters. The maximum Gasteiger partial charge on any atom is 0.336 e. The number of hydrogen-bond donors (Lipinski definition) is 2. The van der Waals surface area contributed by atoms with E-state index in [1.807, 2.05) is 0 Å². The van der Waals surface area contributed by atoms with E-state index in [1.165, 1.54) is 19.2 Å². The summed E-state index contributed by atoms with van der Waals surface area (Å²) in [6, 6.07) is 3.67. The van der Waals surface area contributed by atoms with Crippen LogP contribution in [0.2, 0.25) is 0 Å². The predicted molar refractivity (Wildman–Crippen MR) is 79.6 cm³/mol. The summed E-state index contributed by atoms with van der Waals surface area (Å²) in [4.78, 5) is 22.3. The molecular weight excluding hydrogens is 364 g/mol. The molecule has 0 bridgehead atoms. The van der Waals surface area contributed by atoms with Crippen molar-refractivity contribution in [1.29, 1.82) is 0 Å². The van der Waals surface area contributed by atoms with Crippen LogP contribution < -0.4 is 5.32 Å². The monoisotopic (exact) mass is 378 g/mol. The molecule has 1 aromatic rings. The first-order valence-corrected chi connectivity index (χ1v) is 8.19. The normalized spacial score (nSPS) is 11.4. The van der Waals surface area contributed by atoms with Crippen LogP contribution in [-0.2, 0) is 14.8 Å². The van der Waals surface area contributed by atoms with Gasteiger partial charge in [0.1, 0.15) is 0 Å². The van der Waals surface area contributed by atoms with Gasteiger partial charge in [-0.25, -0.2) is 13.2 Å². The Morgan fingerprint density at radius 3 is 2.52 bits per heavy atom. The summed E-state index contributed by atoms with van der Waals surface area (Å²) in [7, 11) is -2.68. The van der Waals surface area contributed by atoms with Crippen LogP contribution in [0.25, 0.3) is 0 Å². The summed E-state index contributed by atoms with van der Waals surface area (Å²) in [6.45, 7) is 1.78. The fourth-order valence-electron chi connectivity index (χ4n) is 1.55. The number of carbonyl (C=O) groups is 2. The quantitative estimate of drug-likeness (QED) is 0.765. The van der Waals surface area contributed by atoms with Crippen molar-refractivity contribution >= 4 is 37.8 Å². The van der Waals surface area contributed by atoms with Crippen LogP contribution >= 0.6 is 15.9 Å². The molecule has 0 saturated heterocycles. The molecule has 0 atom stereocenters. The van der Waals surface area contributed by atoms with E-state index in [9.17, 15) is 18.0 Å². The standard InChI is InChI=1S/C12H15BrN2O5S/c1-3-14-11(16)7-15(2)21(19,20)8-4-5-10(13)9(6-8)12(17)18/h4-6H,3,7H2,1-2H3,(H,14,16)(H,17,18). The van der Waals surface area contributed by atoms with Gasteiger partial charge in [0.15, 0.2) is 0 Å². The fourth-order valence-corrected chi connectivity index (χ4v) is 3.12. The van der Waals surface area contributed by atoms with Gasteiger partial charge in [0.2, 0.25) is 15.9 Å². The Labute approximate surface area is 131 Å². The van der Waals surface area contributed by atoms with Gasteiger partial charge in [-0.2, -0.15) is 4.31 Å². The van der Waals surface area contributed by atoms with Crippen molar-refractivity contribution < 1.29 is 23.1 Å². The molecule has 0 aliphatic heterocycles. The average molecular weight is 379 g/mol. The number of nitrogens with zero attached hydrogens (tertiary/aromatic N) is 1. The van der Waals surface area contributed by atoms with Crippen molar-refractivity contribution in [3.05, 3.63) is 28.2 Å². The molecule has 0 aliphatic rings. The Morgan fingerprint density at radius 1 is 1.38 bits per heavy atom. The molecule has 0 spiro atoms. The van der Waals surface area contributed by atoms with E-state index < -0.39 is 21.9 Å². The molecular formula is C12H15BrN2O5S. The lowest BCUT2D eigenvalue weighted by Gasteiger charge is -2.17. The van der Waals surface area contributed by atoms with Crippen molar-refractivity contribution in [1.82, 2.24) is 9.62 Å². The van der Waals surface area contributed by atoms with Crippen molar-refractivity contribution in [3.63, 3.8) is 0 Å². The summed E-state index contributed by atoms with van der Waals surface area (Å²) >= 11 is 3.04.